The van der Waals surface area contributed by atoms with Crippen LogP contribution in [0.15, 0.2) is 30.3 Å². The Bertz CT molecular complexity index is 991. The Labute approximate surface area is 192 Å². The minimum atomic E-state index is -0.741. The molecule has 2 N–H and O–H groups in total. The molecule has 2 aromatic carbocycles. The number of carbonyl (C=O) groups is 2. The molecule has 0 bridgehead atoms. The number of halogens is 2. The first-order valence-corrected chi connectivity index (χ1v) is 10.4. The quantitative estimate of drug-likeness (QED) is 0.507. The van der Waals surface area contributed by atoms with Gasteiger partial charge in [-0.1, -0.05) is 23.2 Å². The summed E-state index contributed by atoms with van der Waals surface area (Å²) in [5.74, 6) is -1.36. The van der Waals surface area contributed by atoms with Crippen LogP contribution in [0.2, 0.25) is 10.0 Å². The van der Waals surface area contributed by atoms with Crippen molar-refractivity contribution in [3.8, 4) is 5.75 Å². The van der Waals surface area contributed by atoms with Crippen molar-refractivity contribution in [2.45, 2.75) is 59.3 Å². The van der Waals surface area contributed by atoms with Crippen molar-refractivity contribution in [2.24, 2.45) is 0 Å². The summed E-state index contributed by atoms with van der Waals surface area (Å²) in [5.41, 5.74) is -0.278. The van der Waals surface area contributed by atoms with Gasteiger partial charge in [0, 0.05) is 22.8 Å². The molecule has 0 heterocycles. The van der Waals surface area contributed by atoms with Gasteiger partial charge >= 0.3 is 11.9 Å². The number of aromatic hydroxyl groups is 1. The molecule has 8 heteroatoms. The first-order chi connectivity index (χ1) is 14.2. The Morgan fingerprint density at radius 1 is 0.903 bits per heavy atom. The summed E-state index contributed by atoms with van der Waals surface area (Å²) in [6.07, 6.45) is 0. The smallest absolute Gasteiger partial charge is 0.339 e. The second-order valence-electron chi connectivity index (χ2n) is 9.01. The van der Waals surface area contributed by atoms with Crippen LogP contribution < -0.4 is 5.32 Å². The molecule has 168 valence electrons. The van der Waals surface area contributed by atoms with Crippen molar-refractivity contribution >= 4 is 40.8 Å². The first-order valence-electron chi connectivity index (χ1n) is 9.68. The molecule has 0 unspecified atom stereocenters. The monoisotopic (exact) mass is 467 g/mol. The molecule has 0 aliphatic carbocycles. The Kier molecular flexibility index (Phi) is 7.50. The van der Waals surface area contributed by atoms with E-state index in [2.05, 4.69) is 5.32 Å². The van der Waals surface area contributed by atoms with Crippen LogP contribution in [0.5, 0.6) is 5.75 Å². The number of phenols is 1. The van der Waals surface area contributed by atoms with Crippen LogP contribution in [0.1, 0.15) is 67.8 Å². The van der Waals surface area contributed by atoms with Gasteiger partial charge in [-0.25, -0.2) is 9.59 Å². The highest BCUT2D eigenvalue weighted by molar-refractivity contribution is 6.35. The number of phenolic OH excluding ortho intramolecular Hbond substituents is 1. The molecule has 0 aliphatic heterocycles. The van der Waals surface area contributed by atoms with Gasteiger partial charge in [-0.15, -0.1) is 0 Å². The average molecular weight is 468 g/mol. The highest BCUT2D eigenvalue weighted by atomic mass is 35.5. The number of esters is 2. The van der Waals surface area contributed by atoms with E-state index in [0.29, 0.717) is 16.3 Å². The molecule has 2 aromatic rings. The summed E-state index contributed by atoms with van der Waals surface area (Å²) in [7, 11) is 0. The number of nitrogens with one attached hydrogen (secondary N) is 1. The summed E-state index contributed by atoms with van der Waals surface area (Å²) in [4.78, 5) is 25.4. The lowest BCUT2D eigenvalue weighted by molar-refractivity contribution is 0.00188. The van der Waals surface area contributed by atoms with Gasteiger partial charge in [-0.3, -0.25) is 0 Å². The van der Waals surface area contributed by atoms with Crippen LogP contribution in [0.25, 0.3) is 0 Å². The summed E-state index contributed by atoms with van der Waals surface area (Å²) in [6, 6.07) is 7.67. The topological polar surface area (TPSA) is 84.9 Å². The number of carbonyl (C=O) groups excluding carboxylic acids is 2. The lowest BCUT2D eigenvalue weighted by Gasteiger charge is -2.23. The number of anilines is 1. The van der Waals surface area contributed by atoms with Crippen LogP contribution >= 0.6 is 23.2 Å². The zero-order valence-corrected chi connectivity index (χ0v) is 19.9. The van der Waals surface area contributed by atoms with Gasteiger partial charge < -0.3 is 19.9 Å². The largest absolute Gasteiger partial charge is 0.506 e. The molecule has 0 radical (unpaired) electrons. The third-order valence-electron chi connectivity index (χ3n) is 3.85. The number of hydrogen-bond acceptors (Lipinski definition) is 6. The molecule has 0 aromatic heterocycles. The molecule has 2 rings (SSSR count). The van der Waals surface area contributed by atoms with Crippen molar-refractivity contribution in [1.29, 1.82) is 0 Å². The van der Waals surface area contributed by atoms with Crippen LogP contribution in [0, 0.1) is 0 Å². The molecular formula is C23H27Cl2NO5. The zero-order valence-electron chi connectivity index (χ0n) is 18.4. The number of rotatable bonds is 5. The fourth-order valence-corrected chi connectivity index (χ4v) is 3.15. The van der Waals surface area contributed by atoms with Crippen LogP contribution in [0.3, 0.4) is 0 Å². The normalized spacial score (nSPS) is 11.7. The van der Waals surface area contributed by atoms with E-state index < -0.39 is 23.1 Å². The second-order valence-corrected chi connectivity index (χ2v) is 9.86. The van der Waals surface area contributed by atoms with Gasteiger partial charge in [-0.2, -0.15) is 0 Å². The van der Waals surface area contributed by atoms with Gasteiger partial charge in [-0.05, 0) is 71.9 Å². The molecule has 0 spiro atoms. The lowest BCUT2D eigenvalue weighted by Crippen LogP contribution is -2.28. The highest BCUT2D eigenvalue weighted by Gasteiger charge is 2.26. The van der Waals surface area contributed by atoms with Crippen molar-refractivity contribution in [3.05, 3.63) is 57.1 Å². The van der Waals surface area contributed by atoms with Crippen molar-refractivity contribution < 1.29 is 24.2 Å². The van der Waals surface area contributed by atoms with E-state index in [1.165, 1.54) is 18.2 Å². The minimum absolute atomic E-state index is 0.0718. The van der Waals surface area contributed by atoms with Crippen LogP contribution in [-0.4, -0.2) is 28.2 Å². The molecule has 0 aliphatic rings. The highest BCUT2D eigenvalue weighted by Crippen LogP contribution is 2.32. The Morgan fingerprint density at radius 2 is 1.45 bits per heavy atom. The second kappa shape index (κ2) is 9.37. The Hall–Kier alpha value is -2.44. The fourth-order valence-electron chi connectivity index (χ4n) is 2.62. The van der Waals surface area contributed by atoms with E-state index in [1.54, 1.807) is 53.7 Å². The average Bonchev–Trinajstić information content (AvgIpc) is 2.60. The van der Waals surface area contributed by atoms with Gasteiger partial charge in [0.25, 0.3) is 0 Å². The lowest BCUT2D eigenvalue weighted by atomic mass is 10.0. The summed E-state index contributed by atoms with van der Waals surface area (Å²) in [6.45, 7) is 10.7. The van der Waals surface area contributed by atoms with Gasteiger partial charge in [0.05, 0.1) is 16.1 Å². The Morgan fingerprint density at radius 3 is 2.00 bits per heavy atom. The summed E-state index contributed by atoms with van der Waals surface area (Å²) >= 11 is 12.0. The van der Waals surface area contributed by atoms with E-state index in [0.717, 1.165) is 0 Å². The van der Waals surface area contributed by atoms with Gasteiger partial charge in [0.1, 0.15) is 17.0 Å². The molecule has 0 fully saturated rings. The van der Waals surface area contributed by atoms with Crippen molar-refractivity contribution in [2.75, 3.05) is 5.32 Å². The summed E-state index contributed by atoms with van der Waals surface area (Å²) in [5, 5.41) is 13.7. The van der Waals surface area contributed by atoms with Crippen LogP contribution in [0.4, 0.5) is 5.69 Å². The van der Waals surface area contributed by atoms with E-state index in [1.807, 2.05) is 0 Å². The third kappa shape index (κ3) is 7.33. The Balaban J connectivity index is 2.37. The van der Waals surface area contributed by atoms with E-state index in [4.69, 9.17) is 32.7 Å². The van der Waals surface area contributed by atoms with E-state index in [-0.39, 0.29) is 28.4 Å². The SMILES string of the molecule is CC(C)(C)OC(=O)c1ccc(NCc2cc(Cl)cc(Cl)c2O)cc1C(=O)OC(C)(C)C. The first kappa shape index (κ1) is 24.8. The van der Waals surface area contributed by atoms with Crippen molar-refractivity contribution in [3.63, 3.8) is 0 Å². The maximum Gasteiger partial charge on any atom is 0.339 e. The predicted molar refractivity (Wildman–Crippen MR) is 122 cm³/mol. The van der Waals surface area contributed by atoms with Crippen LogP contribution in [-0.2, 0) is 16.0 Å². The van der Waals surface area contributed by atoms with E-state index >= 15 is 0 Å². The molecule has 0 saturated heterocycles. The minimum Gasteiger partial charge on any atom is -0.506 e. The number of hydrogen-bond donors (Lipinski definition) is 2. The standard InChI is InChI=1S/C23H27Cl2NO5/c1-22(2,3)30-20(28)16-8-7-15(11-17(16)21(29)31-23(4,5)6)26-12-13-9-14(24)10-18(25)19(13)27/h7-11,26-27H,12H2,1-6H3. The maximum absolute atomic E-state index is 12.8. The molecular weight excluding hydrogens is 441 g/mol. The molecule has 31 heavy (non-hydrogen) atoms. The molecule has 6 nitrogen and oxygen atoms in total. The molecule has 0 amide bonds. The predicted octanol–water partition coefficient (Wildman–Crippen LogP) is 6.22. The van der Waals surface area contributed by atoms with Gasteiger partial charge in [0.15, 0.2) is 0 Å². The van der Waals surface area contributed by atoms with E-state index in [9.17, 15) is 14.7 Å². The van der Waals surface area contributed by atoms with Crippen molar-refractivity contribution in [1.82, 2.24) is 0 Å². The molecule has 0 atom stereocenters. The fraction of sp³-hybridized carbons (Fsp3) is 0.391. The maximum atomic E-state index is 12.8. The molecule has 0 saturated carbocycles. The van der Waals surface area contributed by atoms with Gasteiger partial charge in [0.2, 0.25) is 0 Å². The zero-order chi connectivity index (χ0) is 23.6. The summed E-state index contributed by atoms with van der Waals surface area (Å²) < 4.78 is 10.9. The number of ether oxygens (including phenoxy) is 2. The third-order valence-corrected chi connectivity index (χ3v) is 4.35. The number of benzene rings is 2.